The fourth-order valence-electron chi connectivity index (χ4n) is 3.64. The van der Waals surface area contributed by atoms with Crippen molar-refractivity contribution in [1.29, 1.82) is 0 Å². The molecule has 3 heterocycles. The van der Waals surface area contributed by atoms with E-state index in [1.807, 2.05) is 48.7 Å². The van der Waals surface area contributed by atoms with E-state index in [2.05, 4.69) is 32.2 Å². The number of H-pyrrole nitrogens is 1. The lowest BCUT2D eigenvalue weighted by Gasteiger charge is -2.35. The van der Waals surface area contributed by atoms with Gasteiger partial charge in [0.2, 0.25) is 5.82 Å². The molecule has 1 aliphatic rings. The van der Waals surface area contributed by atoms with Crippen molar-refractivity contribution in [3.05, 3.63) is 66.7 Å². The Morgan fingerprint density at radius 2 is 1.79 bits per heavy atom. The first kappa shape index (κ1) is 16.6. The Balaban J connectivity index is 1.31. The summed E-state index contributed by atoms with van der Waals surface area (Å²) in [5, 5.41) is 5.04. The minimum atomic E-state index is -0.215. The van der Waals surface area contributed by atoms with Crippen molar-refractivity contribution in [2.75, 3.05) is 31.1 Å². The van der Waals surface area contributed by atoms with Crippen molar-refractivity contribution in [2.45, 2.75) is 0 Å². The quantitative estimate of drug-likeness (QED) is 0.597. The standard InChI is InChI=1S/C21H19N5O2/c27-21(26-13-11-25(12-14-26)15-5-2-1-3-6-15)20-23-19(24-28-20)17-7-4-8-18-16(17)9-10-22-18/h1-10,22H,11-14H2. The number of hydrogen-bond donors (Lipinski definition) is 1. The van der Waals surface area contributed by atoms with Crippen LogP contribution in [0.4, 0.5) is 5.69 Å². The minimum absolute atomic E-state index is 0.0377. The van der Waals surface area contributed by atoms with Gasteiger partial charge in [0.1, 0.15) is 0 Å². The lowest BCUT2D eigenvalue weighted by atomic mass is 10.1. The number of para-hydroxylation sites is 1. The van der Waals surface area contributed by atoms with Gasteiger partial charge in [-0.05, 0) is 24.3 Å². The van der Waals surface area contributed by atoms with Crippen molar-refractivity contribution in [3.8, 4) is 11.4 Å². The van der Waals surface area contributed by atoms with E-state index in [0.717, 1.165) is 29.6 Å². The van der Waals surface area contributed by atoms with Gasteiger partial charge in [0.05, 0.1) is 0 Å². The predicted octanol–water partition coefficient (Wildman–Crippen LogP) is 3.18. The van der Waals surface area contributed by atoms with Crippen LogP contribution in [0.15, 0.2) is 65.3 Å². The van der Waals surface area contributed by atoms with E-state index in [0.29, 0.717) is 18.9 Å². The zero-order valence-corrected chi connectivity index (χ0v) is 15.2. The van der Waals surface area contributed by atoms with Crippen LogP contribution in [0.1, 0.15) is 10.7 Å². The number of hydrogen-bond acceptors (Lipinski definition) is 5. The number of nitrogens with zero attached hydrogens (tertiary/aromatic N) is 4. The molecule has 0 spiro atoms. The highest BCUT2D eigenvalue weighted by Gasteiger charge is 2.26. The van der Waals surface area contributed by atoms with Gasteiger partial charge in [0.25, 0.3) is 0 Å². The molecule has 2 aromatic carbocycles. The Kier molecular flexibility index (Phi) is 4.05. The summed E-state index contributed by atoms with van der Waals surface area (Å²) in [4.78, 5) is 24.4. The number of fused-ring (bicyclic) bond motifs is 1. The molecule has 2 aromatic heterocycles. The molecule has 7 nitrogen and oxygen atoms in total. The molecule has 1 aliphatic heterocycles. The summed E-state index contributed by atoms with van der Waals surface area (Å²) in [5.74, 6) is 0.250. The number of aromatic amines is 1. The lowest BCUT2D eigenvalue weighted by Crippen LogP contribution is -2.48. The molecular weight excluding hydrogens is 354 g/mol. The first-order chi connectivity index (χ1) is 13.8. The average Bonchev–Trinajstić information content (AvgIpc) is 3.43. The molecule has 4 aromatic rings. The molecule has 1 N–H and O–H groups in total. The average molecular weight is 373 g/mol. The highest BCUT2D eigenvalue weighted by Crippen LogP contribution is 2.26. The molecule has 0 bridgehead atoms. The number of rotatable bonds is 3. The van der Waals surface area contributed by atoms with Crippen LogP contribution in [0, 0.1) is 0 Å². The highest BCUT2D eigenvalue weighted by atomic mass is 16.5. The zero-order chi connectivity index (χ0) is 18.9. The number of nitrogens with one attached hydrogen (secondary N) is 1. The van der Waals surface area contributed by atoms with Crippen molar-refractivity contribution in [1.82, 2.24) is 20.0 Å². The summed E-state index contributed by atoms with van der Waals surface area (Å²) in [6, 6.07) is 18.0. The molecule has 0 radical (unpaired) electrons. The molecular formula is C21H19N5O2. The third kappa shape index (κ3) is 2.90. The van der Waals surface area contributed by atoms with Crippen LogP contribution in [-0.4, -0.2) is 52.1 Å². The molecule has 1 fully saturated rings. The van der Waals surface area contributed by atoms with E-state index in [9.17, 15) is 4.79 Å². The number of aromatic nitrogens is 3. The van der Waals surface area contributed by atoms with Crippen molar-refractivity contribution in [3.63, 3.8) is 0 Å². The van der Waals surface area contributed by atoms with Crippen LogP contribution >= 0.6 is 0 Å². The van der Waals surface area contributed by atoms with Crippen LogP contribution < -0.4 is 4.90 Å². The van der Waals surface area contributed by atoms with Gasteiger partial charge in [-0.25, -0.2) is 0 Å². The topological polar surface area (TPSA) is 78.3 Å². The maximum Gasteiger partial charge on any atom is 0.316 e. The maximum atomic E-state index is 12.8. The fourth-order valence-corrected chi connectivity index (χ4v) is 3.64. The zero-order valence-electron chi connectivity index (χ0n) is 15.2. The number of amides is 1. The molecule has 7 heteroatoms. The summed E-state index contributed by atoms with van der Waals surface area (Å²) >= 11 is 0. The lowest BCUT2D eigenvalue weighted by molar-refractivity contribution is 0.0696. The van der Waals surface area contributed by atoms with Gasteiger partial charge in [0, 0.05) is 54.5 Å². The number of benzene rings is 2. The van der Waals surface area contributed by atoms with Crippen molar-refractivity contribution < 1.29 is 9.32 Å². The van der Waals surface area contributed by atoms with Crippen molar-refractivity contribution in [2.24, 2.45) is 0 Å². The van der Waals surface area contributed by atoms with Crippen molar-refractivity contribution >= 4 is 22.5 Å². The summed E-state index contributed by atoms with van der Waals surface area (Å²) in [6.07, 6.45) is 1.87. The van der Waals surface area contributed by atoms with Gasteiger partial charge in [-0.15, -0.1) is 0 Å². The Hall–Kier alpha value is -3.61. The SMILES string of the molecule is O=C(c1nc(-c2cccc3[nH]ccc23)no1)N1CCN(c2ccccc2)CC1. The third-order valence-electron chi connectivity index (χ3n) is 5.13. The molecule has 0 atom stereocenters. The monoisotopic (exact) mass is 373 g/mol. The second-order valence-corrected chi connectivity index (χ2v) is 6.78. The number of carbonyl (C=O) groups is 1. The molecule has 0 unspecified atom stereocenters. The smallest absolute Gasteiger partial charge is 0.316 e. The number of piperazine rings is 1. The molecule has 1 amide bonds. The Morgan fingerprint density at radius 1 is 0.964 bits per heavy atom. The van der Waals surface area contributed by atoms with E-state index in [1.165, 1.54) is 5.69 Å². The highest BCUT2D eigenvalue weighted by molar-refractivity contribution is 5.94. The number of anilines is 1. The van der Waals surface area contributed by atoms with E-state index in [-0.39, 0.29) is 11.8 Å². The molecule has 1 saturated heterocycles. The van der Waals surface area contributed by atoms with Crippen LogP contribution in [0.3, 0.4) is 0 Å². The van der Waals surface area contributed by atoms with Crippen LogP contribution in [0.2, 0.25) is 0 Å². The normalized spacial score (nSPS) is 14.6. The van der Waals surface area contributed by atoms with E-state index in [1.54, 1.807) is 4.90 Å². The van der Waals surface area contributed by atoms with E-state index in [4.69, 9.17) is 4.52 Å². The number of carbonyl (C=O) groups excluding carboxylic acids is 1. The maximum absolute atomic E-state index is 12.8. The van der Waals surface area contributed by atoms with Gasteiger partial charge >= 0.3 is 11.8 Å². The van der Waals surface area contributed by atoms with Gasteiger partial charge < -0.3 is 19.3 Å². The Labute approximate surface area is 161 Å². The second kappa shape index (κ2) is 6.84. The molecule has 0 saturated carbocycles. The van der Waals surface area contributed by atoms with Gasteiger partial charge in [-0.2, -0.15) is 4.98 Å². The van der Waals surface area contributed by atoms with Crippen LogP contribution in [0.25, 0.3) is 22.3 Å². The van der Waals surface area contributed by atoms with Crippen LogP contribution in [-0.2, 0) is 0 Å². The fraction of sp³-hybridized carbons (Fsp3) is 0.190. The third-order valence-corrected chi connectivity index (χ3v) is 5.13. The summed E-state index contributed by atoms with van der Waals surface area (Å²) in [6.45, 7) is 2.80. The molecule has 0 aliphatic carbocycles. The Morgan fingerprint density at radius 3 is 2.61 bits per heavy atom. The van der Waals surface area contributed by atoms with Gasteiger partial charge in [-0.1, -0.05) is 35.5 Å². The molecule has 5 rings (SSSR count). The summed E-state index contributed by atoms with van der Waals surface area (Å²) < 4.78 is 5.29. The molecule has 28 heavy (non-hydrogen) atoms. The van der Waals surface area contributed by atoms with E-state index >= 15 is 0 Å². The summed E-state index contributed by atoms with van der Waals surface area (Å²) in [5.41, 5.74) is 3.01. The van der Waals surface area contributed by atoms with Crippen LogP contribution in [0.5, 0.6) is 0 Å². The molecule has 140 valence electrons. The largest absolute Gasteiger partial charge is 0.368 e. The predicted molar refractivity (Wildman–Crippen MR) is 106 cm³/mol. The first-order valence-electron chi connectivity index (χ1n) is 9.29. The van der Waals surface area contributed by atoms with E-state index < -0.39 is 0 Å². The minimum Gasteiger partial charge on any atom is -0.368 e. The first-order valence-corrected chi connectivity index (χ1v) is 9.29. The van der Waals surface area contributed by atoms with Gasteiger partial charge in [0.15, 0.2) is 0 Å². The second-order valence-electron chi connectivity index (χ2n) is 6.78. The van der Waals surface area contributed by atoms with Gasteiger partial charge in [-0.3, -0.25) is 4.79 Å². The Bertz CT molecular complexity index is 1110. The summed E-state index contributed by atoms with van der Waals surface area (Å²) in [7, 11) is 0.